The normalized spacial score (nSPS) is 24.8. The second kappa shape index (κ2) is 7.20. The number of carbonyl (C=O) groups is 1. The lowest BCUT2D eigenvalue weighted by Gasteiger charge is -2.39. The van der Waals surface area contributed by atoms with Gasteiger partial charge >= 0.3 is 0 Å². The zero-order valence-corrected chi connectivity index (χ0v) is 17.3. The number of amides is 1. The molecule has 1 aliphatic carbocycles. The number of piperidine rings is 1. The molecule has 0 aromatic carbocycles. The molecular weight excluding hydrogens is 366 g/mol. The Morgan fingerprint density at radius 2 is 2.00 bits per heavy atom. The van der Waals surface area contributed by atoms with Gasteiger partial charge in [0.1, 0.15) is 5.69 Å². The van der Waals surface area contributed by atoms with Gasteiger partial charge in [-0.3, -0.25) is 9.69 Å². The lowest BCUT2D eigenvalue weighted by molar-refractivity contribution is 0.0587. The standard InChI is InChI=1S/C22H29N5O2/c1-15-5-3-8-17(23-15)21(28)27-11-9-22(10-12-27)13-18(26(2)14-22)19-24-20(29-25-19)16-6-4-7-16/h3,5,8,16,18H,4,6-7,9-14H2,1-2H3. The van der Waals surface area contributed by atoms with Crippen molar-refractivity contribution in [3.8, 4) is 0 Å². The molecule has 3 aliphatic rings. The number of hydrogen-bond donors (Lipinski definition) is 0. The topological polar surface area (TPSA) is 75.4 Å². The van der Waals surface area contributed by atoms with Gasteiger partial charge in [0.05, 0.1) is 6.04 Å². The Kier molecular flexibility index (Phi) is 4.65. The first-order valence-corrected chi connectivity index (χ1v) is 10.8. The van der Waals surface area contributed by atoms with Crippen LogP contribution < -0.4 is 0 Å². The molecule has 7 nitrogen and oxygen atoms in total. The Morgan fingerprint density at radius 3 is 2.69 bits per heavy atom. The molecule has 2 aromatic heterocycles. The molecule has 0 N–H and O–H groups in total. The summed E-state index contributed by atoms with van der Waals surface area (Å²) in [5, 5.41) is 4.32. The van der Waals surface area contributed by atoms with Crippen molar-refractivity contribution in [2.75, 3.05) is 26.7 Å². The summed E-state index contributed by atoms with van der Waals surface area (Å²) < 4.78 is 5.56. The highest BCUT2D eigenvalue weighted by atomic mass is 16.5. The second-order valence-electron chi connectivity index (χ2n) is 9.21. The quantitative estimate of drug-likeness (QED) is 0.793. The highest BCUT2D eigenvalue weighted by Crippen LogP contribution is 2.48. The van der Waals surface area contributed by atoms with Crippen LogP contribution in [0.1, 0.15) is 78.4 Å². The van der Waals surface area contributed by atoms with Gasteiger partial charge in [0.2, 0.25) is 5.89 Å². The van der Waals surface area contributed by atoms with E-state index in [4.69, 9.17) is 9.51 Å². The molecule has 4 heterocycles. The van der Waals surface area contributed by atoms with Crippen LogP contribution in [-0.4, -0.2) is 57.5 Å². The number of pyridine rings is 1. The predicted molar refractivity (Wildman–Crippen MR) is 107 cm³/mol. The van der Waals surface area contributed by atoms with Crippen LogP contribution in [0.2, 0.25) is 0 Å². The second-order valence-corrected chi connectivity index (χ2v) is 9.21. The maximum Gasteiger partial charge on any atom is 0.272 e. The summed E-state index contributed by atoms with van der Waals surface area (Å²) in [5.74, 6) is 2.19. The van der Waals surface area contributed by atoms with Gasteiger partial charge in [-0.15, -0.1) is 0 Å². The molecule has 29 heavy (non-hydrogen) atoms. The van der Waals surface area contributed by atoms with Crippen LogP contribution >= 0.6 is 0 Å². The highest BCUT2D eigenvalue weighted by Gasteiger charge is 2.47. The predicted octanol–water partition coefficient (Wildman–Crippen LogP) is 3.34. The monoisotopic (exact) mass is 395 g/mol. The molecule has 1 amide bonds. The fourth-order valence-corrected chi connectivity index (χ4v) is 5.13. The van der Waals surface area contributed by atoms with E-state index in [2.05, 4.69) is 22.1 Å². The van der Waals surface area contributed by atoms with Gasteiger partial charge in [0, 0.05) is 31.2 Å². The van der Waals surface area contributed by atoms with E-state index >= 15 is 0 Å². The van der Waals surface area contributed by atoms with Crippen molar-refractivity contribution in [1.82, 2.24) is 24.9 Å². The van der Waals surface area contributed by atoms with Crippen molar-refractivity contribution < 1.29 is 9.32 Å². The number of carbonyl (C=O) groups excluding carboxylic acids is 1. The van der Waals surface area contributed by atoms with E-state index in [9.17, 15) is 4.79 Å². The third-order valence-corrected chi connectivity index (χ3v) is 7.17. The van der Waals surface area contributed by atoms with Crippen LogP contribution in [0.5, 0.6) is 0 Å². The van der Waals surface area contributed by atoms with Crippen LogP contribution in [0, 0.1) is 12.3 Å². The molecule has 154 valence electrons. The van der Waals surface area contributed by atoms with Crippen molar-refractivity contribution in [2.24, 2.45) is 5.41 Å². The van der Waals surface area contributed by atoms with Gasteiger partial charge in [-0.2, -0.15) is 4.98 Å². The molecule has 1 spiro atoms. The van der Waals surface area contributed by atoms with E-state index < -0.39 is 0 Å². The summed E-state index contributed by atoms with van der Waals surface area (Å²) in [5.41, 5.74) is 1.66. The molecular formula is C22H29N5O2. The Morgan fingerprint density at radius 1 is 1.21 bits per heavy atom. The number of aryl methyl sites for hydroxylation is 1. The first-order valence-electron chi connectivity index (χ1n) is 10.8. The smallest absolute Gasteiger partial charge is 0.272 e. The molecule has 0 bridgehead atoms. The summed E-state index contributed by atoms with van der Waals surface area (Å²) in [4.78, 5) is 26.3. The van der Waals surface area contributed by atoms with Crippen LogP contribution in [0.25, 0.3) is 0 Å². The molecule has 1 atom stereocenters. The minimum absolute atomic E-state index is 0.0507. The average molecular weight is 396 g/mol. The number of nitrogens with zero attached hydrogens (tertiary/aromatic N) is 5. The maximum atomic E-state index is 12.8. The van der Waals surface area contributed by atoms with Crippen molar-refractivity contribution in [3.05, 3.63) is 41.3 Å². The van der Waals surface area contributed by atoms with E-state index in [-0.39, 0.29) is 17.4 Å². The number of hydrogen-bond acceptors (Lipinski definition) is 6. The Bertz CT molecular complexity index is 898. The van der Waals surface area contributed by atoms with E-state index in [1.54, 1.807) is 0 Å². The Balaban J connectivity index is 1.24. The van der Waals surface area contributed by atoms with Gasteiger partial charge < -0.3 is 9.42 Å². The lowest BCUT2D eigenvalue weighted by atomic mass is 9.76. The molecule has 5 rings (SSSR count). The van der Waals surface area contributed by atoms with Crippen LogP contribution in [0.15, 0.2) is 22.7 Å². The number of rotatable bonds is 3. The fraction of sp³-hybridized carbons (Fsp3) is 0.636. The third kappa shape index (κ3) is 3.45. The number of aromatic nitrogens is 3. The number of likely N-dealkylation sites (tertiary alicyclic amines) is 2. The summed E-state index contributed by atoms with van der Waals surface area (Å²) >= 11 is 0. The first-order chi connectivity index (χ1) is 14.0. The minimum atomic E-state index is 0.0507. The largest absolute Gasteiger partial charge is 0.339 e. The average Bonchev–Trinajstić information content (AvgIpc) is 3.25. The first kappa shape index (κ1) is 18.7. The Hall–Kier alpha value is -2.28. The summed E-state index contributed by atoms with van der Waals surface area (Å²) in [6.07, 6.45) is 6.68. The molecule has 2 aromatic rings. The van der Waals surface area contributed by atoms with Crippen LogP contribution in [0.3, 0.4) is 0 Å². The molecule has 2 saturated heterocycles. The van der Waals surface area contributed by atoms with Crippen LogP contribution in [-0.2, 0) is 0 Å². The zero-order chi connectivity index (χ0) is 20.0. The van der Waals surface area contributed by atoms with Crippen molar-refractivity contribution in [1.29, 1.82) is 0 Å². The molecule has 7 heteroatoms. The molecule has 2 aliphatic heterocycles. The van der Waals surface area contributed by atoms with E-state index in [0.717, 1.165) is 56.3 Å². The summed E-state index contributed by atoms with van der Waals surface area (Å²) in [6, 6.07) is 5.86. The molecule has 1 saturated carbocycles. The maximum absolute atomic E-state index is 12.8. The van der Waals surface area contributed by atoms with Crippen molar-refractivity contribution >= 4 is 5.91 Å². The van der Waals surface area contributed by atoms with Gasteiger partial charge in [-0.1, -0.05) is 17.6 Å². The van der Waals surface area contributed by atoms with Gasteiger partial charge in [-0.05, 0) is 63.6 Å². The van der Waals surface area contributed by atoms with Crippen molar-refractivity contribution in [2.45, 2.75) is 57.4 Å². The Labute approximate surface area is 171 Å². The summed E-state index contributed by atoms with van der Waals surface area (Å²) in [6.45, 7) is 4.52. The highest BCUT2D eigenvalue weighted by molar-refractivity contribution is 5.92. The zero-order valence-electron chi connectivity index (χ0n) is 17.3. The third-order valence-electron chi connectivity index (χ3n) is 7.17. The fourth-order valence-electron chi connectivity index (χ4n) is 5.13. The van der Waals surface area contributed by atoms with Gasteiger partial charge in [0.25, 0.3) is 5.91 Å². The van der Waals surface area contributed by atoms with Gasteiger partial charge in [-0.25, -0.2) is 4.98 Å². The van der Waals surface area contributed by atoms with E-state index in [1.165, 1.54) is 19.3 Å². The van der Waals surface area contributed by atoms with Crippen LogP contribution in [0.4, 0.5) is 0 Å². The molecule has 0 radical (unpaired) electrons. The SMILES string of the molecule is Cc1cccc(C(=O)N2CCC3(CC2)CC(c2noc(C4CCC4)n2)N(C)C3)n1. The van der Waals surface area contributed by atoms with Crippen molar-refractivity contribution in [3.63, 3.8) is 0 Å². The minimum Gasteiger partial charge on any atom is -0.339 e. The lowest BCUT2D eigenvalue weighted by Crippen LogP contribution is -2.44. The summed E-state index contributed by atoms with van der Waals surface area (Å²) in [7, 11) is 2.16. The van der Waals surface area contributed by atoms with Gasteiger partial charge in [0.15, 0.2) is 5.82 Å². The molecule has 3 fully saturated rings. The van der Waals surface area contributed by atoms with E-state index in [1.807, 2.05) is 30.0 Å². The molecule has 1 unspecified atom stereocenters. The van der Waals surface area contributed by atoms with E-state index in [0.29, 0.717) is 11.6 Å².